The molecule has 37 heavy (non-hydrogen) atoms. The number of fused-ring (bicyclic) bond motifs is 1. The molecule has 0 spiro atoms. The second kappa shape index (κ2) is 12.4. The summed E-state index contributed by atoms with van der Waals surface area (Å²) in [4.78, 5) is 26.8. The summed E-state index contributed by atoms with van der Waals surface area (Å²) < 4.78 is 0. The summed E-state index contributed by atoms with van der Waals surface area (Å²) in [6.07, 6.45) is 11.6. The Hall–Kier alpha value is -3.19. The predicted octanol–water partition coefficient (Wildman–Crippen LogP) is 5.34. The number of aliphatic carboxylic acids is 1. The zero-order valence-electron chi connectivity index (χ0n) is 22.5. The number of aromatic amines is 1. The van der Waals surface area contributed by atoms with E-state index in [2.05, 4.69) is 38.9 Å². The molecule has 2 aliphatic heterocycles. The fraction of sp³-hybridized carbons (Fsp3) is 0.500. The minimum Gasteiger partial charge on any atom is -0.481 e. The highest BCUT2D eigenvalue weighted by atomic mass is 16.4. The zero-order valence-corrected chi connectivity index (χ0v) is 22.5. The molecule has 2 aliphatic rings. The summed E-state index contributed by atoms with van der Waals surface area (Å²) in [6, 6.07) is 4.41. The van der Waals surface area contributed by atoms with Gasteiger partial charge in [0, 0.05) is 31.2 Å². The summed E-state index contributed by atoms with van der Waals surface area (Å²) in [5, 5.41) is 13.1. The number of aryl methyl sites for hydroxylation is 4. The molecule has 3 N–H and O–H groups in total. The summed E-state index contributed by atoms with van der Waals surface area (Å²) in [7, 11) is 0. The summed E-state index contributed by atoms with van der Waals surface area (Å²) in [5.74, 6) is 1.60. The first-order valence-electron chi connectivity index (χ1n) is 13.6. The van der Waals surface area contributed by atoms with Crippen molar-refractivity contribution in [1.82, 2.24) is 19.9 Å². The third kappa shape index (κ3) is 7.19. The van der Waals surface area contributed by atoms with Gasteiger partial charge in [-0.1, -0.05) is 24.8 Å². The van der Waals surface area contributed by atoms with E-state index in [0.717, 1.165) is 85.2 Å². The normalized spacial score (nSPS) is 19.1. The molecule has 4 rings (SSSR count). The van der Waals surface area contributed by atoms with E-state index >= 15 is 0 Å². The Morgan fingerprint density at radius 3 is 2.89 bits per heavy atom. The third-order valence-corrected chi connectivity index (χ3v) is 7.53. The molecule has 7 heteroatoms. The number of nitrogens with zero attached hydrogens (tertiary/aromatic N) is 3. The number of aromatic nitrogens is 3. The van der Waals surface area contributed by atoms with Gasteiger partial charge in [-0.3, -0.25) is 4.79 Å². The molecule has 2 aromatic heterocycles. The van der Waals surface area contributed by atoms with Gasteiger partial charge >= 0.3 is 5.97 Å². The number of allylic oxidation sites excluding steroid dienone is 4. The quantitative estimate of drug-likeness (QED) is 0.358. The van der Waals surface area contributed by atoms with Crippen molar-refractivity contribution >= 4 is 17.4 Å². The van der Waals surface area contributed by atoms with E-state index in [4.69, 9.17) is 4.98 Å². The van der Waals surface area contributed by atoms with E-state index in [1.807, 2.05) is 39.0 Å². The monoisotopic (exact) mass is 503 g/mol. The number of H-pyrrole nitrogens is 1. The van der Waals surface area contributed by atoms with E-state index in [0.29, 0.717) is 12.5 Å². The van der Waals surface area contributed by atoms with Crippen molar-refractivity contribution < 1.29 is 9.90 Å². The van der Waals surface area contributed by atoms with Gasteiger partial charge in [0.15, 0.2) is 0 Å². The zero-order chi connectivity index (χ0) is 26.4. The number of carboxylic acids is 1. The molecule has 1 fully saturated rings. The Morgan fingerprint density at radius 1 is 1.32 bits per heavy atom. The average molecular weight is 504 g/mol. The fourth-order valence-corrected chi connectivity index (χ4v) is 5.60. The minimum absolute atomic E-state index is 0.0760. The Morgan fingerprint density at radius 2 is 2.16 bits per heavy atom. The van der Waals surface area contributed by atoms with Gasteiger partial charge < -0.3 is 20.3 Å². The number of pyridine rings is 1. The number of imidazole rings is 1. The molecule has 0 unspecified atom stereocenters. The molecular weight excluding hydrogens is 462 g/mol. The summed E-state index contributed by atoms with van der Waals surface area (Å²) in [5.41, 5.74) is 6.20. The van der Waals surface area contributed by atoms with Crippen LogP contribution in [-0.2, 0) is 17.6 Å². The molecular formula is C30H41N5O2. The summed E-state index contributed by atoms with van der Waals surface area (Å²) in [6.45, 7) is 13.9. The minimum atomic E-state index is -0.788. The van der Waals surface area contributed by atoms with Crippen LogP contribution in [0.25, 0.3) is 5.57 Å². The highest BCUT2D eigenvalue weighted by Crippen LogP contribution is 2.28. The van der Waals surface area contributed by atoms with E-state index in [1.165, 1.54) is 12.0 Å². The lowest BCUT2D eigenvalue weighted by atomic mass is 9.93. The van der Waals surface area contributed by atoms with Crippen LogP contribution >= 0.6 is 0 Å². The number of carbonyl (C=O) groups is 1. The van der Waals surface area contributed by atoms with Crippen LogP contribution in [0, 0.1) is 25.7 Å². The molecule has 0 radical (unpaired) electrons. The molecule has 198 valence electrons. The predicted molar refractivity (Wildman–Crippen MR) is 150 cm³/mol. The van der Waals surface area contributed by atoms with Gasteiger partial charge in [0.2, 0.25) is 0 Å². The number of rotatable bonds is 11. The molecule has 0 bridgehead atoms. The highest BCUT2D eigenvalue weighted by Gasteiger charge is 2.27. The second-order valence-corrected chi connectivity index (χ2v) is 10.5. The number of hydrogen-bond donors (Lipinski definition) is 3. The van der Waals surface area contributed by atoms with Crippen molar-refractivity contribution in [3.05, 3.63) is 71.0 Å². The smallest absolute Gasteiger partial charge is 0.304 e. The van der Waals surface area contributed by atoms with E-state index in [-0.39, 0.29) is 12.3 Å². The molecule has 7 nitrogen and oxygen atoms in total. The van der Waals surface area contributed by atoms with Crippen LogP contribution in [0.1, 0.15) is 61.1 Å². The topological polar surface area (TPSA) is 94.1 Å². The van der Waals surface area contributed by atoms with Crippen molar-refractivity contribution in [1.29, 1.82) is 0 Å². The van der Waals surface area contributed by atoms with Crippen LogP contribution < -0.4 is 5.32 Å². The Kier molecular flexibility index (Phi) is 8.98. The highest BCUT2D eigenvalue weighted by molar-refractivity contribution is 5.76. The number of carboxylic acid groups (broad SMARTS) is 1. The molecule has 0 saturated carbocycles. The number of likely N-dealkylation sites (tertiary alicyclic amines) is 1. The molecule has 1 saturated heterocycles. The molecule has 0 amide bonds. The Bertz CT molecular complexity index is 1180. The van der Waals surface area contributed by atoms with E-state index in [1.54, 1.807) is 0 Å². The lowest BCUT2D eigenvalue weighted by molar-refractivity contribution is -0.137. The van der Waals surface area contributed by atoms with Gasteiger partial charge in [-0.15, -0.1) is 0 Å². The van der Waals surface area contributed by atoms with Crippen molar-refractivity contribution in [2.45, 2.75) is 59.3 Å². The van der Waals surface area contributed by atoms with Crippen LogP contribution in [0.15, 0.2) is 42.5 Å². The summed E-state index contributed by atoms with van der Waals surface area (Å²) >= 11 is 0. The van der Waals surface area contributed by atoms with Gasteiger partial charge in [0.05, 0.1) is 17.8 Å². The largest absolute Gasteiger partial charge is 0.481 e. The van der Waals surface area contributed by atoms with Crippen LogP contribution in [0.2, 0.25) is 0 Å². The lowest BCUT2D eigenvalue weighted by Gasteiger charge is -2.24. The first-order chi connectivity index (χ1) is 17.8. The Labute approximate surface area is 220 Å². The number of anilines is 1. The van der Waals surface area contributed by atoms with Crippen LogP contribution in [0.3, 0.4) is 0 Å². The van der Waals surface area contributed by atoms with E-state index < -0.39 is 5.97 Å². The van der Waals surface area contributed by atoms with Crippen molar-refractivity contribution in [2.75, 3.05) is 31.5 Å². The van der Waals surface area contributed by atoms with Crippen molar-refractivity contribution in [3.8, 4) is 0 Å². The van der Waals surface area contributed by atoms with Crippen LogP contribution in [-0.4, -0.2) is 57.1 Å². The molecule has 4 heterocycles. The molecule has 0 aromatic carbocycles. The SMILES string of the molecule is C=C(/C=C(\C=C/C)c1[nH]c(C)nc1C)[C@H](CC(=O)O)CN1CC[C@@H](CCc2ccc3c(n2)NCCC3)C1. The molecule has 2 aromatic rings. The van der Waals surface area contributed by atoms with Gasteiger partial charge in [-0.2, -0.15) is 0 Å². The maximum atomic E-state index is 11.7. The first-order valence-corrected chi connectivity index (χ1v) is 13.6. The fourth-order valence-electron chi connectivity index (χ4n) is 5.60. The maximum absolute atomic E-state index is 11.7. The van der Waals surface area contributed by atoms with Gasteiger partial charge in [0.25, 0.3) is 0 Å². The average Bonchev–Trinajstić information content (AvgIpc) is 3.46. The van der Waals surface area contributed by atoms with E-state index in [9.17, 15) is 9.90 Å². The van der Waals surface area contributed by atoms with Gasteiger partial charge in [-0.05, 0) is 94.2 Å². The number of hydrogen-bond acceptors (Lipinski definition) is 5. The molecule has 0 aliphatic carbocycles. The maximum Gasteiger partial charge on any atom is 0.304 e. The van der Waals surface area contributed by atoms with Crippen molar-refractivity contribution in [3.63, 3.8) is 0 Å². The van der Waals surface area contributed by atoms with Crippen LogP contribution in [0.5, 0.6) is 0 Å². The van der Waals surface area contributed by atoms with Crippen molar-refractivity contribution in [2.24, 2.45) is 11.8 Å². The van der Waals surface area contributed by atoms with Gasteiger partial charge in [-0.25, -0.2) is 9.97 Å². The van der Waals surface area contributed by atoms with Gasteiger partial charge in [0.1, 0.15) is 11.6 Å². The standard InChI is InChI=1S/C30H41N5O2/c1-5-7-25(29-21(3)32-22(4)33-29)16-20(2)26(17-28(36)37)19-35-15-13-23(18-35)9-11-27-12-10-24-8-6-14-31-30(24)34-27/h5,7,10,12,16,23,26H,2,6,8-9,11,13-15,17-19H2,1,3-4H3,(H,31,34)(H,32,33)(H,36,37)/b7-5-,25-16+/t23-,26-/m1/s1. The molecule has 2 atom stereocenters. The first kappa shape index (κ1) is 26.9. The lowest BCUT2D eigenvalue weighted by Crippen LogP contribution is -2.29. The van der Waals surface area contributed by atoms with Crippen LogP contribution in [0.4, 0.5) is 5.82 Å². The third-order valence-electron chi connectivity index (χ3n) is 7.53. The number of nitrogens with one attached hydrogen (secondary N) is 2. The second-order valence-electron chi connectivity index (χ2n) is 10.5. The Balaban J connectivity index is 1.37.